The highest BCUT2D eigenvalue weighted by Crippen LogP contribution is 2.39. The van der Waals surface area contributed by atoms with E-state index in [0.717, 1.165) is 6.42 Å². The number of ether oxygens (including phenoxy) is 1. The fourth-order valence-electron chi connectivity index (χ4n) is 3.29. The Morgan fingerprint density at radius 3 is 2.00 bits per heavy atom. The lowest BCUT2D eigenvalue weighted by molar-refractivity contribution is -0.907. The number of quaternary nitrogens is 1. The monoisotopic (exact) mass is 274 g/mol. The zero-order valence-corrected chi connectivity index (χ0v) is 13.6. The Kier molecular flexibility index (Phi) is 5.05. The summed E-state index contributed by atoms with van der Waals surface area (Å²) in [4.78, 5) is 0. The maximum absolute atomic E-state index is 10.8. The molecule has 1 heterocycles. The minimum absolute atomic E-state index is 0.00551. The van der Waals surface area contributed by atoms with Crippen molar-refractivity contribution in [2.24, 2.45) is 11.3 Å². The molecule has 1 rings (SSSR count). The topological polar surface area (TPSA) is 49.7 Å². The second-order valence-electron chi connectivity index (χ2n) is 7.81. The van der Waals surface area contributed by atoms with E-state index in [1.165, 1.54) is 0 Å². The molecule has 5 atom stereocenters. The minimum Gasteiger partial charge on any atom is -0.394 e. The van der Waals surface area contributed by atoms with Crippen LogP contribution in [0.15, 0.2) is 0 Å². The first-order valence-electron chi connectivity index (χ1n) is 7.29. The molecule has 1 aliphatic rings. The largest absolute Gasteiger partial charge is 0.394 e. The number of rotatable bonds is 3. The van der Waals surface area contributed by atoms with Gasteiger partial charge in [0.1, 0.15) is 18.2 Å². The molecule has 1 saturated heterocycles. The molecule has 0 aromatic heterocycles. The van der Waals surface area contributed by atoms with Crippen molar-refractivity contribution >= 4 is 0 Å². The number of aliphatic hydroxyl groups is 2. The summed E-state index contributed by atoms with van der Waals surface area (Å²) in [6, 6.07) is 0.0211. The van der Waals surface area contributed by atoms with Crippen LogP contribution in [-0.2, 0) is 4.74 Å². The van der Waals surface area contributed by atoms with Gasteiger partial charge in [-0.3, -0.25) is 0 Å². The normalized spacial score (nSPS) is 37.4. The molecule has 4 nitrogen and oxygen atoms in total. The van der Waals surface area contributed by atoms with Gasteiger partial charge in [0.2, 0.25) is 0 Å². The van der Waals surface area contributed by atoms with Gasteiger partial charge in [0.25, 0.3) is 0 Å². The van der Waals surface area contributed by atoms with E-state index < -0.39 is 6.10 Å². The van der Waals surface area contributed by atoms with Crippen LogP contribution in [-0.4, -0.2) is 66.8 Å². The fourth-order valence-corrected chi connectivity index (χ4v) is 3.29. The van der Waals surface area contributed by atoms with Crippen molar-refractivity contribution in [3.05, 3.63) is 0 Å². The van der Waals surface area contributed by atoms with Gasteiger partial charge in [-0.15, -0.1) is 0 Å². The van der Waals surface area contributed by atoms with Crippen LogP contribution in [0.2, 0.25) is 0 Å². The Labute approximate surface area is 118 Å². The number of hydrogen-bond donors (Lipinski definition) is 2. The van der Waals surface area contributed by atoms with Gasteiger partial charge in [0.05, 0.1) is 33.9 Å². The van der Waals surface area contributed by atoms with Crippen molar-refractivity contribution in [2.75, 3.05) is 27.7 Å². The fraction of sp³-hybridized carbons (Fsp3) is 1.00. The van der Waals surface area contributed by atoms with E-state index in [4.69, 9.17) is 4.74 Å². The van der Waals surface area contributed by atoms with E-state index in [1.807, 2.05) is 6.92 Å². The molecular formula is C15H32NO3+. The van der Waals surface area contributed by atoms with Crippen molar-refractivity contribution in [3.8, 4) is 0 Å². The maximum atomic E-state index is 10.8. The molecule has 5 unspecified atom stereocenters. The zero-order valence-electron chi connectivity index (χ0n) is 13.6. The summed E-state index contributed by atoms with van der Waals surface area (Å²) in [7, 11) is 6.30. The van der Waals surface area contributed by atoms with E-state index in [1.54, 1.807) is 0 Å². The van der Waals surface area contributed by atoms with Gasteiger partial charge in [0.15, 0.2) is 0 Å². The van der Waals surface area contributed by atoms with Crippen molar-refractivity contribution in [2.45, 2.75) is 58.5 Å². The quantitative estimate of drug-likeness (QED) is 0.762. The van der Waals surface area contributed by atoms with Crippen LogP contribution >= 0.6 is 0 Å². The summed E-state index contributed by atoms with van der Waals surface area (Å²) in [5.41, 5.74) is -0.0662. The molecule has 1 fully saturated rings. The number of likely N-dealkylation sites (N-methyl/N-ethyl adjacent to an activating group) is 1. The molecule has 0 aliphatic carbocycles. The smallest absolute Gasteiger partial charge is 0.142 e. The van der Waals surface area contributed by atoms with Gasteiger partial charge in [-0.1, -0.05) is 27.7 Å². The molecule has 4 heteroatoms. The predicted molar refractivity (Wildman–Crippen MR) is 76.8 cm³/mol. The van der Waals surface area contributed by atoms with Crippen LogP contribution < -0.4 is 0 Å². The van der Waals surface area contributed by atoms with Crippen LogP contribution in [0.4, 0.5) is 0 Å². The summed E-state index contributed by atoms with van der Waals surface area (Å²) < 4.78 is 6.85. The molecule has 0 spiro atoms. The Bertz CT molecular complexity index is 293. The van der Waals surface area contributed by atoms with Crippen molar-refractivity contribution in [1.29, 1.82) is 0 Å². The Morgan fingerprint density at radius 1 is 1.16 bits per heavy atom. The van der Waals surface area contributed by atoms with Crippen LogP contribution in [0, 0.1) is 11.3 Å². The average molecular weight is 274 g/mol. The van der Waals surface area contributed by atoms with Gasteiger partial charge < -0.3 is 19.4 Å². The lowest BCUT2D eigenvalue weighted by atomic mass is 9.74. The van der Waals surface area contributed by atoms with E-state index in [-0.39, 0.29) is 36.2 Å². The highest BCUT2D eigenvalue weighted by atomic mass is 16.5. The van der Waals surface area contributed by atoms with Crippen LogP contribution in [0.1, 0.15) is 34.1 Å². The van der Waals surface area contributed by atoms with Crippen molar-refractivity contribution in [3.63, 3.8) is 0 Å². The third kappa shape index (κ3) is 3.48. The highest BCUT2D eigenvalue weighted by molar-refractivity contribution is 4.96. The number of aliphatic hydroxyl groups excluding tert-OH is 2. The standard InChI is InChI=1S/C15H32NO3/c1-8-10-11(9-17)19-14(15(2,3)4)12(13(10)18)16(5,6)7/h10-14,17-18H,8-9H2,1-7H3/q+1. The number of hydrogen-bond acceptors (Lipinski definition) is 3. The van der Waals surface area contributed by atoms with Crippen molar-refractivity contribution < 1.29 is 19.4 Å². The molecule has 0 aromatic rings. The Hall–Kier alpha value is -0.160. The Balaban J connectivity index is 3.15. The van der Waals surface area contributed by atoms with Crippen LogP contribution in [0.3, 0.4) is 0 Å². The summed E-state index contributed by atoms with van der Waals surface area (Å²) in [5.74, 6) is 0.00551. The number of nitrogens with zero attached hydrogens (tertiary/aromatic N) is 1. The lowest BCUT2D eigenvalue weighted by Crippen LogP contribution is -2.68. The minimum atomic E-state index is -0.444. The highest BCUT2D eigenvalue weighted by Gasteiger charge is 2.53. The first kappa shape index (κ1) is 16.9. The summed E-state index contributed by atoms with van der Waals surface area (Å²) in [6.45, 7) is 8.42. The molecule has 19 heavy (non-hydrogen) atoms. The summed E-state index contributed by atoms with van der Waals surface area (Å²) in [6.07, 6.45) is 0.0503. The van der Waals surface area contributed by atoms with Crippen molar-refractivity contribution in [1.82, 2.24) is 0 Å². The van der Waals surface area contributed by atoms with E-state index in [0.29, 0.717) is 4.48 Å². The van der Waals surface area contributed by atoms with Gasteiger partial charge in [-0.2, -0.15) is 0 Å². The molecule has 114 valence electrons. The SMILES string of the molecule is CCC1C(CO)OC(C(C)(C)C)C([N+](C)(C)C)C1O. The third-order valence-corrected chi connectivity index (χ3v) is 4.30. The predicted octanol–water partition coefficient (Wildman–Crippen LogP) is 1.25. The van der Waals surface area contributed by atoms with Gasteiger partial charge in [-0.05, 0) is 11.8 Å². The van der Waals surface area contributed by atoms with Gasteiger partial charge in [0, 0.05) is 5.92 Å². The van der Waals surface area contributed by atoms with E-state index >= 15 is 0 Å². The molecule has 1 aliphatic heterocycles. The lowest BCUT2D eigenvalue weighted by Gasteiger charge is -2.53. The second-order valence-corrected chi connectivity index (χ2v) is 7.81. The van der Waals surface area contributed by atoms with Gasteiger partial charge >= 0.3 is 0 Å². The molecular weight excluding hydrogens is 242 g/mol. The maximum Gasteiger partial charge on any atom is 0.142 e. The second kappa shape index (κ2) is 5.68. The molecule has 0 aromatic carbocycles. The molecule has 0 radical (unpaired) electrons. The molecule has 2 N–H and O–H groups in total. The van der Waals surface area contributed by atoms with Gasteiger partial charge in [-0.25, -0.2) is 0 Å². The van der Waals surface area contributed by atoms with E-state index in [9.17, 15) is 10.2 Å². The third-order valence-electron chi connectivity index (χ3n) is 4.30. The summed E-state index contributed by atoms with van der Waals surface area (Å²) in [5, 5.41) is 20.3. The average Bonchev–Trinajstić information content (AvgIpc) is 2.24. The molecule has 0 saturated carbocycles. The Morgan fingerprint density at radius 2 is 1.68 bits per heavy atom. The first-order valence-corrected chi connectivity index (χ1v) is 7.29. The molecule has 0 bridgehead atoms. The van der Waals surface area contributed by atoms with Crippen LogP contribution in [0.25, 0.3) is 0 Å². The molecule has 0 amide bonds. The van der Waals surface area contributed by atoms with E-state index in [2.05, 4.69) is 41.9 Å². The summed E-state index contributed by atoms with van der Waals surface area (Å²) >= 11 is 0. The first-order chi connectivity index (χ1) is 8.54. The van der Waals surface area contributed by atoms with Crippen LogP contribution in [0.5, 0.6) is 0 Å². The zero-order chi connectivity index (χ0) is 15.0.